The summed E-state index contributed by atoms with van der Waals surface area (Å²) in [6.45, 7) is 2.82. The summed E-state index contributed by atoms with van der Waals surface area (Å²) in [5.41, 5.74) is 9.14. The SMILES string of the molecule is Cc1nc2cc(N(CCO)C3CCCCC3)c(N)cc2s1. The molecule has 0 radical (unpaired) electrons. The number of aryl methyl sites for hydroxylation is 1. The summed E-state index contributed by atoms with van der Waals surface area (Å²) >= 11 is 1.68. The second kappa shape index (κ2) is 6.20. The average Bonchev–Trinajstić information content (AvgIpc) is 2.84. The molecule has 1 aliphatic carbocycles. The number of benzene rings is 1. The predicted molar refractivity (Wildman–Crippen MR) is 90.1 cm³/mol. The van der Waals surface area contributed by atoms with Crippen LogP contribution in [0.3, 0.4) is 0 Å². The Balaban J connectivity index is 1.98. The summed E-state index contributed by atoms with van der Waals surface area (Å²) in [5, 5.41) is 10.5. The minimum absolute atomic E-state index is 0.157. The first-order valence-electron chi connectivity index (χ1n) is 7.73. The molecule has 0 spiro atoms. The largest absolute Gasteiger partial charge is 0.397 e. The van der Waals surface area contributed by atoms with Gasteiger partial charge in [0, 0.05) is 12.6 Å². The van der Waals surface area contributed by atoms with Gasteiger partial charge in [-0.2, -0.15) is 0 Å². The van der Waals surface area contributed by atoms with E-state index in [9.17, 15) is 5.11 Å². The lowest BCUT2D eigenvalue weighted by Gasteiger charge is -2.36. The molecular formula is C16H23N3OS. The number of fused-ring (bicyclic) bond motifs is 1. The van der Waals surface area contributed by atoms with Crippen LogP contribution in [0.2, 0.25) is 0 Å². The number of aliphatic hydroxyl groups excluding tert-OH is 1. The first-order chi connectivity index (χ1) is 10.2. The van der Waals surface area contributed by atoms with E-state index in [0.717, 1.165) is 26.6 Å². The summed E-state index contributed by atoms with van der Waals surface area (Å²) in [6, 6.07) is 4.62. The molecule has 0 bridgehead atoms. The second-order valence-electron chi connectivity index (χ2n) is 5.82. The van der Waals surface area contributed by atoms with Gasteiger partial charge in [-0.15, -0.1) is 11.3 Å². The van der Waals surface area contributed by atoms with E-state index in [1.807, 2.05) is 13.0 Å². The third-order valence-corrected chi connectivity index (χ3v) is 5.24. The van der Waals surface area contributed by atoms with Gasteiger partial charge >= 0.3 is 0 Å². The molecule has 1 aliphatic rings. The van der Waals surface area contributed by atoms with Crippen molar-refractivity contribution in [2.45, 2.75) is 45.1 Å². The Morgan fingerprint density at radius 2 is 2.10 bits per heavy atom. The number of rotatable bonds is 4. The van der Waals surface area contributed by atoms with Gasteiger partial charge in [-0.25, -0.2) is 4.98 Å². The molecule has 1 fully saturated rings. The van der Waals surface area contributed by atoms with Crippen LogP contribution >= 0.6 is 11.3 Å². The van der Waals surface area contributed by atoms with E-state index < -0.39 is 0 Å². The van der Waals surface area contributed by atoms with Crippen LogP contribution in [0.4, 0.5) is 11.4 Å². The molecule has 0 amide bonds. The summed E-state index contributed by atoms with van der Waals surface area (Å²) in [5.74, 6) is 0. The monoisotopic (exact) mass is 305 g/mol. The fourth-order valence-corrected chi connectivity index (χ4v) is 4.20. The molecule has 3 N–H and O–H groups in total. The lowest BCUT2D eigenvalue weighted by Crippen LogP contribution is -2.39. The third-order valence-electron chi connectivity index (χ3n) is 4.31. The van der Waals surface area contributed by atoms with E-state index in [1.54, 1.807) is 11.3 Å². The van der Waals surface area contributed by atoms with Crippen LogP contribution in [0.5, 0.6) is 0 Å². The Hall–Kier alpha value is -1.33. The molecule has 0 atom stereocenters. The van der Waals surface area contributed by atoms with Gasteiger partial charge < -0.3 is 15.7 Å². The van der Waals surface area contributed by atoms with Crippen molar-refractivity contribution < 1.29 is 5.11 Å². The van der Waals surface area contributed by atoms with E-state index in [-0.39, 0.29) is 6.61 Å². The molecule has 4 nitrogen and oxygen atoms in total. The molecule has 5 heteroatoms. The zero-order chi connectivity index (χ0) is 14.8. The van der Waals surface area contributed by atoms with Crippen molar-refractivity contribution in [2.75, 3.05) is 23.8 Å². The van der Waals surface area contributed by atoms with Crippen LogP contribution in [0, 0.1) is 6.92 Å². The minimum Gasteiger partial charge on any atom is -0.397 e. The van der Waals surface area contributed by atoms with E-state index in [1.165, 1.54) is 32.1 Å². The molecular weight excluding hydrogens is 282 g/mol. The van der Waals surface area contributed by atoms with Crippen LogP contribution in [0.1, 0.15) is 37.1 Å². The number of aliphatic hydroxyl groups is 1. The molecule has 1 aromatic carbocycles. The van der Waals surface area contributed by atoms with E-state index in [2.05, 4.69) is 16.0 Å². The molecule has 1 aromatic heterocycles. The van der Waals surface area contributed by atoms with Crippen molar-refractivity contribution in [3.8, 4) is 0 Å². The van der Waals surface area contributed by atoms with Crippen molar-refractivity contribution in [1.82, 2.24) is 4.98 Å². The topological polar surface area (TPSA) is 62.4 Å². The van der Waals surface area contributed by atoms with Crippen LogP contribution in [-0.4, -0.2) is 29.3 Å². The molecule has 0 aliphatic heterocycles. The minimum atomic E-state index is 0.157. The van der Waals surface area contributed by atoms with Gasteiger partial charge in [-0.05, 0) is 31.9 Å². The zero-order valence-electron chi connectivity index (χ0n) is 12.5. The van der Waals surface area contributed by atoms with Crippen molar-refractivity contribution >= 4 is 32.9 Å². The lowest BCUT2D eigenvalue weighted by molar-refractivity contribution is 0.290. The van der Waals surface area contributed by atoms with Gasteiger partial charge in [-0.3, -0.25) is 0 Å². The number of thiazole rings is 1. The first-order valence-corrected chi connectivity index (χ1v) is 8.55. The highest BCUT2D eigenvalue weighted by molar-refractivity contribution is 7.18. The Morgan fingerprint density at radius 3 is 2.81 bits per heavy atom. The maximum Gasteiger partial charge on any atom is 0.0907 e. The fourth-order valence-electron chi connectivity index (χ4n) is 3.34. The van der Waals surface area contributed by atoms with Crippen molar-refractivity contribution in [1.29, 1.82) is 0 Å². The third kappa shape index (κ3) is 2.99. The van der Waals surface area contributed by atoms with Crippen molar-refractivity contribution in [2.24, 2.45) is 0 Å². The molecule has 1 saturated carbocycles. The quantitative estimate of drug-likeness (QED) is 0.851. The Kier molecular flexibility index (Phi) is 4.31. The number of hydrogen-bond acceptors (Lipinski definition) is 5. The van der Waals surface area contributed by atoms with Crippen molar-refractivity contribution in [3.63, 3.8) is 0 Å². The standard InChI is InChI=1S/C16H23N3OS/c1-11-18-14-10-15(13(17)9-16(14)21-11)19(7-8-20)12-5-3-2-4-6-12/h9-10,12,20H,2-8,17H2,1H3. The number of anilines is 2. The summed E-state index contributed by atoms with van der Waals surface area (Å²) in [7, 11) is 0. The van der Waals surface area contributed by atoms with Gasteiger partial charge in [0.15, 0.2) is 0 Å². The van der Waals surface area contributed by atoms with Crippen LogP contribution in [0.25, 0.3) is 10.2 Å². The normalized spacial score (nSPS) is 16.5. The fraction of sp³-hybridized carbons (Fsp3) is 0.562. The summed E-state index contributed by atoms with van der Waals surface area (Å²) in [4.78, 5) is 6.87. The maximum atomic E-state index is 9.44. The van der Waals surface area contributed by atoms with E-state index in [4.69, 9.17) is 5.73 Å². The molecule has 3 rings (SSSR count). The number of hydrogen-bond donors (Lipinski definition) is 2. The highest BCUT2D eigenvalue weighted by Gasteiger charge is 2.23. The van der Waals surface area contributed by atoms with E-state index >= 15 is 0 Å². The first kappa shape index (κ1) is 14.6. The Morgan fingerprint density at radius 1 is 1.33 bits per heavy atom. The molecule has 21 heavy (non-hydrogen) atoms. The van der Waals surface area contributed by atoms with Gasteiger partial charge in [0.05, 0.1) is 33.2 Å². The highest BCUT2D eigenvalue weighted by atomic mass is 32.1. The second-order valence-corrected chi connectivity index (χ2v) is 7.06. The van der Waals surface area contributed by atoms with Gasteiger partial charge in [-0.1, -0.05) is 19.3 Å². The summed E-state index contributed by atoms with van der Waals surface area (Å²) < 4.78 is 1.14. The van der Waals surface area contributed by atoms with E-state index in [0.29, 0.717) is 12.6 Å². The Labute approximate surface area is 129 Å². The molecule has 114 valence electrons. The molecule has 1 heterocycles. The number of aromatic nitrogens is 1. The van der Waals surface area contributed by atoms with Crippen LogP contribution in [-0.2, 0) is 0 Å². The number of nitrogens with zero attached hydrogens (tertiary/aromatic N) is 2. The van der Waals surface area contributed by atoms with Crippen LogP contribution < -0.4 is 10.6 Å². The maximum absolute atomic E-state index is 9.44. The highest BCUT2D eigenvalue weighted by Crippen LogP contribution is 2.35. The predicted octanol–water partition coefficient (Wildman–Crippen LogP) is 3.32. The average molecular weight is 305 g/mol. The summed E-state index contributed by atoms with van der Waals surface area (Å²) in [6.07, 6.45) is 6.24. The van der Waals surface area contributed by atoms with Gasteiger partial charge in [0.2, 0.25) is 0 Å². The van der Waals surface area contributed by atoms with Gasteiger partial charge in [0.25, 0.3) is 0 Å². The van der Waals surface area contributed by atoms with Gasteiger partial charge in [0.1, 0.15) is 0 Å². The van der Waals surface area contributed by atoms with Crippen LogP contribution in [0.15, 0.2) is 12.1 Å². The Bertz CT molecular complexity index is 619. The zero-order valence-corrected chi connectivity index (χ0v) is 13.3. The molecule has 2 aromatic rings. The lowest BCUT2D eigenvalue weighted by atomic mass is 9.93. The molecule has 0 saturated heterocycles. The van der Waals surface area contributed by atoms with Crippen molar-refractivity contribution in [3.05, 3.63) is 17.1 Å². The molecule has 0 unspecified atom stereocenters. The number of nitrogen functional groups attached to an aromatic ring is 1. The number of nitrogens with two attached hydrogens (primary N) is 1. The smallest absolute Gasteiger partial charge is 0.0907 e.